The molecular weight excluding hydrogens is 454 g/mol. The largest absolute Gasteiger partial charge is 0.508 e. The van der Waals surface area contributed by atoms with Crippen LogP contribution in [0.1, 0.15) is 25.3 Å². The van der Waals surface area contributed by atoms with Gasteiger partial charge in [-0.3, -0.25) is 24.0 Å². The molecule has 0 saturated heterocycles. The van der Waals surface area contributed by atoms with E-state index < -0.39 is 72.6 Å². The molecule has 10 N–H and O–H groups in total. The van der Waals surface area contributed by atoms with Crippen molar-refractivity contribution in [1.82, 2.24) is 16.0 Å². The van der Waals surface area contributed by atoms with E-state index in [9.17, 15) is 33.9 Å². The van der Waals surface area contributed by atoms with Crippen molar-refractivity contribution in [3.05, 3.63) is 29.8 Å². The third-order valence-electron chi connectivity index (χ3n) is 4.51. The first kappa shape index (κ1) is 27.8. The van der Waals surface area contributed by atoms with Crippen molar-refractivity contribution in [3.8, 4) is 5.75 Å². The van der Waals surface area contributed by atoms with Gasteiger partial charge in [-0.2, -0.15) is 0 Å². The monoisotopic (exact) mass is 481 g/mol. The van der Waals surface area contributed by atoms with Crippen LogP contribution in [0.3, 0.4) is 0 Å². The Bertz CT molecular complexity index is 935. The minimum atomic E-state index is -1.73. The highest BCUT2D eigenvalue weighted by molar-refractivity contribution is 5.96. The molecule has 1 rings (SSSR count). The number of benzene rings is 1. The van der Waals surface area contributed by atoms with E-state index in [1.54, 1.807) is 12.1 Å². The normalized spacial score (nSPS) is 14.1. The predicted octanol–water partition coefficient (Wildman–Crippen LogP) is -2.83. The van der Waals surface area contributed by atoms with Gasteiger partial charge in [0.1, 0.15) is 23.9 Å². The van der Waals surface area contributed by atoms with Gasteiger partial charge in [-0.05, 0) is 31.0 Å². The molecule has 34 heavy (non-hydrogen) atoms. The van der Waals surface area contributed by atoms with E-state index in [-0.39, 0.29) is 12.2 Å². The third kappa shape index (κ3) is 9.52. The third-order valence-corrected chi connectivity index (χ3v) is 4.51. The molecule has 4 amide bonds. The lowest BCUT2D eigenvalue weighted by atomic mass is 10.0. The summed E-state index contributed by atoms with van der Waals surface area (Å²) in [6.45, 7) is 1.19. The van der Waals surface area contributed by atoms with Gasteiger partial charge in [0.05, 0.1) is 18.9 Å². The molecule has 186 valence electrons. The van der Waals surface area contributed by atoms with Crippen molar-refractivity contribution < 1.29 is 44.1 Å². The fourth-order valence-electron chi connectivity index (χ4n) is 2.72. The number of rotatable bonds is 13. The van der Waals surface area contributed by atoms with Gasteiger partial charge < -0.3 is 42.7 Å². The summed E-state index contributed by atoms with van der Waals surface area (Å²) in [5.74, 6) is -6.73. The van der Waals surface area contributed by atoms with E-state index in [4.69, 9.17) is 21.7 Å². The first-order chi connectivity index (χ1) is 15.8. The fraction of sp³-hybridized carbons (Fsp3) is 0.400. The van der Waals surface area contributed by atoms with Gasteiger partial charge in [0.15, 0.2) is 0 Å². The number of carboxylic acids is 2. The number of amides is 4. The maximum Gasteiger partial charge on any atom is 0.326 e. The molecular formula is C20H27N5O9. The molecule has 0 radical (unpaired) electrons. The Hall–Kier alpha value is -4.20. The number of aliphatic carboxylic acids is 2. The molecule has 0 aliphatic heterocycles. The quantitative estimate of drug-likeness (QED) is 0.143. The number of hydrogen-bond donors (Lipinski definition) is 8. The molecule has 0 unspecified atom stereocenters. The average molecular weight is 481 g/mol. The number of hydrogen-bond acceptors (Lipinski definition) is 8. The van der Waals surface area contributed by atoms with Gasteiger partial charge in [-0.25, -0.2) is 4.79 Å². The van der Waals surface area contributed by atoms with Gasteiger partial charge in [-0.15, -0.1) is 0 Å². The Morgan fingerprint density at radius 1 is 0.853 bits per heavy atom. The average Bonchev–Trinajstić information content (AvgIpc) is 2.73. The molecule has 0 fully saturated rings. The number of carboxylic acid groups (broad SMARTS) is 2. The molecule has 1 aromatic carbocycles. The second kappa shape index (κ2) is 12.7. The minimum Gasteiger partial charge on any atom is -0.508 e. The highest BCUT2D eigenvalue weighted by Crippen LogP contribution is 2.11. The lowest BCUT2D eigenvalue weighted by Gasteiger charge is -2.22. The standard InChI is InChI=1S/C20H27N5O9/c1-9(17(30)25-14(20(33)34)8-16(28)29)23-19(32)13(7-15(22)27)24-18(31)12(21)6-10-2-4-11(26)5-3-10/h2-5,9,12-14,26H,6-8,21H2,1H3,(H2,22,27)(H,23,32)(H,24,31)(H,25,30)(H,28,29)(H,33,34)/t9-,12-,13-,14-/m0/s1. The zero-order valence-electron chi connectivity index (χ0n) is 18.2. The number of nitrogens with one attached hydrogen (secondary N) is 3. The summed E-state index contributed by atoms with van der Waals surface area (Å²) in [6.07, 6.45) is -1.45. The van der Waals surface area contributed by atoms with Crippen LogP contribution in [0.15, 0.2) is 24.3 Å². The molecule has 0 saturated carbocycles. The SMILES string of the molecule is C[C@H](NC(=O)[C@H](CC(N)=O)NC(=O)[C@@H](N)Cc1ccc(O)cc1)C(=O)N[C@@H](CC(=O)O)C(=O)O. The van der Waals surface area contributed by atoms with E-state index in [1.165, 1.54) is 19.1 Å². The number of carbonyl (C=O) groups excluding carboxylic acids is 4. The number of aromatic hydroxyl groups is 1. The number of nitrogens with two attached hydrogens (primary N) is 2. The van der Waals surface area contributed by atoms with Crippen molar-refractivity contribution in [1.29, 1.82) is 0 Å². The number of phenolic OH excluding ortho intramolecular Hbond substituents is 1. The highest BCUT2D eigenvalue weighted by atomic mass is 16.4. The Labute approximate surface area is 193 Å². The van der Waals surface area contributed by atoms with E-state index in [2.05, 4.69) is 10.6 Å². The maximum absolute atomic E-state index is 12.6. The summed E-state index contributed by atoms with van der Waals surface area (Å²) >= 11 is 0. The summed E-state index contributed by atoms with van der Waals surface area (Å²) in [5.41, 5.74) is 11.6. The van der Waals surface area contributed by atoms with Crippen LogP contribution in [-0.4, -0.2) is 75.1 Å². The van der Waals surface area contributed by atoms with Crippen molar-refractivity contribution in [3.63, 3.8) is 0 Å². The lowest BCUT2D eigenvalue weighted by Crippen LogP contribution is -2.57. The Kier molecular flexibility index (Phi) is 10.4. The second-order valence-corrected chi connectivity index (χ2v) is 7.44. The summed E-state index contributed by atoms with van der Waals surface area (Å²) in [7, 11) is 0. The first-order valence-corrected chi connectivity index (χ1v) is 9.97. The summed E-state index contributed by atoms with van der Waals surface area (Å²) in [4.78, 5) is 70.4. The van der Waals surface area contributed by atoms with E-state index in [0.29, 0.717) is 5.56 Å². The van der Waals surface area contributed by atoms with Crippen molar-refractivity contribution in [2.45, 2.75) is 50.4 Å². The molecule has 14 heteroatoms. The minimum absolute atomic E-state index is 0.0239. The van der Waals surface area contributed by atoms with Crippen LogP contribution < -0.4 is 27.4 Å². The molecule has 0 aliphatic rings. The van der Waals surface area contributed by atoms with E-state index in [1.807, 2.05) is 5.32 Å². The van der Waals surface area contributed by atoms with Crippen LogP contribution in [-0.2, 0) is 35.2 Å². The zero-order chi connectivity index (χ0) is 26.0. The van der Waals surface area contributed by atoms with Crippen LogP contribution in [0.25, 0.3) is 0 Å². The molecule has 0 spiro atoms. The summed E-state index contributed by atoms with van der Waals surface area (Å²) < 4.78 is 0. The maximum atomic E-state index is 12.6. The van der Waals surface area contributed by atoms with Gasteiger partial charge in [-0.1, -0.05) is 12.1 Å². The Balaban J connectivity index is 2.79. The predicted molar refractivity (Wildman–Crippen MR) is 115 cm³/mol. The topological polar surface area (TPSA) is 251 Å². The van der Waals surface area contributed by atoms with Crippen LogP contribution in [0.4, 0.5) is 0 Å². The van der Waals surface area contributed by atoms with Crippen LogP contribution in [0.5, 0.6) is 5.75 Å². The molecule has 0 aliphatic carbocycles. The Morgan fingerprint density at radius 2 is 1.41 bits per heavy atom. The lowest BCUT2D eigenvalue weighted by molar-refractivity contribution is -0.147. The fourth-order valence-corrected chi connectivity index (χ4v) is 2.72. The van der Waals surface area contributed by atoms with E-state index >= 15 is 0 Å². The van der Waals surface area contributed by atoms with Crippen molar-refractivity contribution in [2.75, 3.05) is 0 Å². The molecule has 0 bridgehead atoms. The molecule has 0 aromatic heterocycles. The molecule has 0 heterocycles. The van der Waals surface area contributed by atoms with Gasteiger partial charge in [0.2, 0.25) is 23.6 Å². The molecule has 1 aromatic rings. The van der Waals surface area contributed by atoms with Crippen molar-refractivity contribution in [2.24, 2.45) is 11.5 Å². The molecule has 14 nitrogen and oxygen atoms in total. The van der Waals surface area contributed by atoms with Gasteiger partial charge in [0.25, 0.3) is 0 Å². The Morgan fingerprint density at radius 3 is 1.91 bits per heavy atom. The first-order valence-electron chi connectivity index (χ1n) is 9.97. The van der Waals surface area contributed by atoms with E-state index in [0.717, 1.165) is 0 Å². The number of primary amides is 1. The molecule has 4 atom stereocenters. The summed E-state index contributed by atoms with van der Waals surface area (Å²) in [6, 6.07) is 0.212. The van der Waals surface area contributed by atoms with Gasteiger partial charge in [0, 0.05) is 0 Å². The van der Waals surface area contributed by atoms with Crippen LogP contribution >= 0.6 is 0 Å². The smallest absolute Gasteiger partial charge is 0.326 e. The summed E-state index contributed by atoms with van der Waals surface area (Å²) in [5, 5.41) is 33.5. The van der Waals surface area contributed by atoms with Crippen LogP contribution in [0, 0.1) is 0 Å². The van der Waals surface area contributed by atoms with Crippen molar-refractivity contribution >= 4 is 35.6 Å². The zero-order valence-corrected chi connectivity index (χ0v) is 18.2. The number of phenols is 1. The highest BCUT2D eigenvalue weighted by Gasteiger charge is 2.30. The number of carbonyl (C=O) groups is 6. The van der Waals surface area contributed by atoms with Crippen LogP contribution in [0.2, 0.25) is 0 Å². The second-order valence-electron chi connectivity index (χ2n) is 7.44. The van der Waals surface area contributed by atoms with Gasteiger partial charge >= 0.3 is 11.9 Å².